The maximum absolute atomic E-state index is 11.3. The number of aromatic amines is 1. The second-order valence-electron chi connectivity index (χ2n) is 3.44. The number of fused-ring (bicyclic) bond motifs is 1. The fourth-order valence-electron chi connectivity index (χ4n) is 1.45. The lowest BCUT2D eigenvalue weighted by atomic mass is 10.4. The van der Waals surface area contributed by atoms with Crippen LogP contribution in [0.4, 0.5) is 11.8 Å². The molecular formula is C10H14N6O2. The Balaban J connectivity index is 2.20. The number of hydrogen-bond acceptors (Lipinski definition) is 7. The molecule has 2 aromatic heterocycles. The van der Waals surface area contributed by atoms with Gasteiger partial charge in [-0.2, -0.15) is 15.1 Å². The summed E-state index contributed by atoms with van der Waals surface area (Å²) in [5, 5.41) is 13.1. The Hall–Kier alpha value is -2.38. The summed E-state index contributed by atoms with van der Waals surface area (Å²) in [4.78, 5) is 19.7. The van der Waals surface area contributed by atoms with Gasteiger partial charge in [0.15, 0.2) is 5.65 Å². The van der Waals surface area contributed by atoms with Gasteiger partial charge in [0, 0.05) is 7.05 Å². The number of ether oxygens (including phenoxy) is 1. The third-order valence-electron chi connectivity index (χ3n) is 2.24. The number of rotatable bonds is 5. The summed E-state index contributed by atoms with van der Waals surface area (Å²) < 4.78 is 4.83. The SMILES string of the molecule is CCOC(=O)CNc1nc(NC)nc2[nH]ncc12. The Labute approximate surface area is 103 Å². The molecule has 0 amide bonds. The van der Waals surface area contributed by atoms with Gasteiger partial charge in [0.05, 0.1) is 18.2 Å². The molecule has 0 unspecified atom stereocenters. The van der Waals surface area contributed by atoms with Crippen molar-refractivity contribution >= 4 is 28.8 Å². The van der Waals surface area contributed by atoms with Crippen LogP contribution < -0.4 is 10.6 Å². The average molecular weight is 250 g/mol. The van der Waals surface area contributed by atoms with Crippen LogP contribution in [-0.4, -0.2) is 46.3 Å². The van der Waals surface area contributed by atoms with Crippen LogP contribution in [0.5, 0.6) is 0 Å². The molecule has 3 N–H and O–H groups in total. The van der Waals surface area contributed by atoms with E-state index in [0.717, 1.165) is 5.39 Å². The van der Waals surface area contributed by atoms with Crippen molar-refractivity contribution in [3.05, 3.63) is 6.20 Å². The van der Waals surface area contributed by atoms with Gasteiger partial charge < -0.3 is 15.4 Å². The summed E-state index contributed by atoms with van der Waals surface area (Å²) in [6.07, 6.45) is 1.60. The second kappa shape index (κ2) is 5.30. The van der Waals surface area contributed by atoms with Gasteiger partial charge in [-0.1, -0.05) is 0 Å². The highest BCUT2D eigenvalue weighted by Gasteiger charge is 2.10. The number of H-pyrrole nitrogens is 1. The van der Waals surface area contributed by atoms with E-state index in [-0.39, 0.29) is 12.5 Å². The smallest absolute Gasteiger partial charge is 0.325 e. The molecular weight excluding hydrogens is 236 g/mol. The molecule has 0 saturated heterocycles. The first-order valence-electron chi connectivity index (χ1n) is 5.53. The first kappa shape index (κ1) is 12.1. The van der Waals surface area contributed by atoms with E-state index in [1.165, 1.54) is 0 Å². The molecule has 18 heavy (non-hydrogen) atoms. The Kier molecular flexibility index (Phi) is 3.56. The minimum atomic E-state index is -0.334. The predicted molar refractivity (Wildman–Crippen MR) is 66.4 cm³/mol. The van der Waals surface area contributed by atoms with E-state index in [1.807, 2.05) is 0 Å². The summed E-state index contributed by atoms with van der Waals surface area (Å²) in [7, 11) is 1.71. The van der Waals surface area contributed by atoms with Crippen LogP contribution in [0.3, 0.4) is 0 Å². The molecule has 0 aliphatic rings. The van der Waals surface area contributed by atoms with Crippen molar-refractivity contribution in [2.24, 2.45) is 0 Å². The van der Waals surface area contributed by atoms with Gasteiger partial charge in [0.25, 0.3) is 0 Å². The molecule has 0 spiro atoms. The number of hydrogen-bond donors (Lipinski definition) is 3. The third kappa shape index (κ3) is 2.47. The van der Waals surface area contributed by atoms with E-state index in [9.17, 15) is 4.79 Å². The van der Waals surface area contributed by atoms with Crippen LogP contribution in [0.1, 0.15) is 6.92 Å². The van der Waals surface area contributed by atoms with Crippen molar-refractivity contribution in [1.82, 2.24) is 20.2 Å². The molecule has 2 heterocycles. The summed E-state index contributed by atoms with van der Waals surface area (Å²) in [5.41, 5.74) is 0.598. The van der Waals surface area contributed by atoms with Crippen molar-refractivity contribution < 1.29 is 9.53 Å². The molecule has 2 rings (SSSR count). The third-order valence-corrected chi connectivity index (χ3v) is 2.24. The van der Waals surface area contributed by atoms with Gasteiger partial charge in [-0.3, -0.25) is 9.89 Å². The van der Waals surface area contributed by atoms with Crippen molar-refractivity contribution in [3.63, 3.8) is 0 Å². The molecule has 2 aromatic rings. The lowest BCUT2D eigenvalue weighted by molar-refractivity contribution is -0.140. The zero-order valence-electron chi connectivity index (χ0n) is 10.1. The average Bonchev–Trinajstić information content (AvgIpc) is 2.84. The van der Waals surface area contributed by atoms with Crippen LogP contribution >= 0.6 is 0 Å². The number of esters is 1. The van der Waals surface area contributed by atoms with Crippen LogP contribution in [-0.2, 0) is 9.53 Å². The first-order valence-corrected chi connectivity index (χ1v) is 5.53. The quantitative estimate of drug-likeness (QED) is 0.658. The molecule has 96 valence electrons. The number of aromatic nitrogens is 4. The van der Waals surface area contributed by atoms with Gasteiger partial charge in [-0.05, 0) is 6.92 Å². The monoisotopic (exact) mass is 250 g/mol. The summed E-state index contributed by atoms with van der Waals surface area (Å²) in [6, 6.07) is 0. The first-order chi connectivity index (χ1) is 8.74. The zero-order chi connectivity index (χ0) is 13.0. The Morgan fingerprint density at radius 3 is 3.06 bits per heavy atom. The van der Waals surface area contributed by atoms with E-state index in [2.05, 4.69) is 30.8 Å². The molecule has 0 radical (unpaired) electrons. The molecule has 8 nitrogen and oxygen atoms in total. The van der Waals surface area contributed by atoms with Crippen molar-refractivity contribution in [2.45, 2.75) is 6.92 Å². The van der Waals surface area contributed by atoms with Crippen molar-refractivity contribution in [1.29, 1.82) is 0 Å². The zero-order valence-corrected chi connectivity index (χ0v) is 10.1. The Morgan fingerprint density at radius 1 is 1.50 bits per heavy atom. The van der Waals surface area contributed by atoms with Gasteiger partial charge in [0.1, 0.15) is 12.4 Å². The summed E-state index contributed by atoms with van der Waals surface area (Å²) in [5.74, 6) is 0.642. The van der Waals surface area contributed by atoms with Crippen LogP contribution in [0, 0.1) is 0 Å². The number of carbonyl (C=O) groups is 1. The van der Waals surface area contributed by atoms with Crippen LogP contribution in [0.2, 0.25) is 0 Å². The highest BCUT2D eigenvalue weighted by atomic mass is 16.5. The van der Waals surface area contributed by atoms with E-state index in [1.54, 1.807) is 20.2 Å². The van der Waals surface area contributed by atoms with Gasteiger partial charge in [-0.15, -0.1) is 0 Å². The summed E-state index contributed by atoms with van der Waals surface area (Å²) in [6.45, 7) is 2.16. The van der Waals surface area contributed by atoms with Crippen LogP contribution in [0.25, 0.3) is 11.0 Å². The highest BCUT2D eigenvalue weighted by molar-refractivity contribution is 5.88. The fraction of sp³-hybridized carbons (Fsp3) is 0.400. The van der Waals surface area contributed by atoms with E-state index in [0.29, 0.717) is 24.0 Å². The second-order valence-corrected chi connectivity index (χ2v) is 3.44. The molecule has 0 fully saturated rings. The van der Waals surface area contributed by atoms with Gasteiger partial charge in [-0.25, -0.2) is 0 Å². The standard InChI is InChI=1S/C10H14N6O2/c1-3-18-7(17)5-12-8-6-4-13-16-9(6)15-10(11-2)14-8/h4H,3,5H2,1-2H3,(H3,11,12,13,14,15,16). The molecule has 0 aliphatic heterocycles. The maximum atomic E-state index is 11.3. The van der Waals surface area contributed by atoms with Gasteiger partial charge in [0.2, 0.25) is 5.95 Å². The lowest BCUT2D eigenvalue weighted by Gasteiger charge is -2.07. The molecule has 0 aromatic carbocycles. The molecule has 0 aliphatic carbocycles. The minimum absolute atomic E-state index is 0.0499. The number of anilines is 2. The maximum Gasteiger partial charge on any atom is 0.325 e. The number of nitrogens with zero attached hydrogens (tertiary/aromatic N) is 3. The van der Waals surface area contributed by atoms with Crippen molar-refractivity contribution in [3.8, 4) is 0 Å². The normalized spacial score (nSPS) is 10.3. The van der Waals surface area contributed by atoms with Crippen molar-refractivity contribution in [2.75, 3.05) is 30.8 Å². The topological polar surface area (TPSA) is 105 Å². The Morgan fingerprint density at radius 2 is 2.33 bits per heavy atom. The Bertz CT molecular complexity index is 552. The number of nitrogens with one attached hydrogen (secondary N) is 3. The van der Waals surface area contributed by atoms with E-state index < -0.39 is 0 Å². The predicted octanol–water partition coefficient (Wildman–Crippen LogP) is 0.370. The number of carbonyl (C=O) groups excluding carboxylic acids is 1. The molecule has 0 saturated carbocycles. The van der Waals surface area contributed by atoms with E-state index in [4.69, 9.17) is 4.74 Å². The van der Waals surface area contributed by atoms with Gasteiger partial charge >= 0.3 is 5.97 Å². The molecule has 0 bridgehead atoms. The van der Waals surface area contributed by atoms with Crippen LogP contribution in [0.15, 0.2) is 6.20 Å². The highest BCUT2D eigenvalue weighted by Crippen LogP contribution is 2.19. The largest absolute Gasteiger partial charge is 0.465 e. The molecule has 0 atom stereocenters. The summed E-state index contributed by atoms with van der Waals surface area (Å²) >= 11 is 0. The fourth-order valence-corrected chi connectivity index (χ4v) is 1.45. The molecule has 8 heteroatoms. The minimum Gasteiger partial charge on any atom is -0.465 e. The van der Waals surface area contributed by atoms with E-state index >= 15 is 0 Å². The lowest BCUT2D eigenvalue weighted by Crippen LogP contribution is -2.17.